The van der Waals surface area contributed by atoms with E-state index in [0.717, 1.165) is 32.1 Å². The van der Waals surface area contributed by atoms with Crippen molar-refractivity contribution >= 4 is 5.78 Å². The van der Waals surface area contributed by atoms with Gasteiger partial charge in [-0.25, -0.2) is 0 Å². The molecule has 1 aliphatic rings. The maximum Gasteiger partial charge on any atom is 0.134 e. The molecule has 1 aliphatic carbocycles. The van der Waals surface area contributed by atoms with E-state index in [1.54, 1.807) is 0 Å². The number of hydrogen-bond acceptors (Lipinski definition) is 2. The maximum absolute atomic E-state index is 11.0. The molecule has 0 amide bonds. The quantitative estimate of drug-likeness (QED) is 0.568. The minimum atomic E-state index is -0.493. The average molecular weight is 208 g/mol. The van der Waals surface area contributed by atoms with Gasteiger partial charge in [0.2, 0.25) is 0 Å². The van der Waals surface area contributed by atoms with Gasteiger partial charge in [0.1, 0.15) is 11.9 Å². The van der Waals surface area contributed by atoms with Gasteiger partial charge < -0.3 is 5.11 Å². The molecule has 2 unspecified atom stereocenters. The first kappa shape index (κ1) is 12.3. The Morgan fingerprint density at radius 1 is 1.53 bits per heavy atom. The van der Waals surface area contributed by atoms with Crippen LogP contribution in [-0.2, 0) is 4.79 Å². The van der Waals surface area contributed by atoms with Crippen LogP contribution in [0.15, 0.2) is 0 Å². The Kier molecular flexibility index (Phi) is 5.42. The Morgan fingerprint density at radius 3 is 2.93 bits per heavy atom. The van der Waals surface area contributed by atoms with Gasteiger partial charge in [-0.2, -0.15) is 0 Å². The van der Waals surface area contributed by atoms with Crippen molar-refractivity contribution in [3.63, 3.8) is 0 Å². The highest BCUT2D eigenvalue weighted by molar-refractivity contribution is 5.81. The van der Waals surface area contributed by atoms with Crippen LogP contribution in [0.25, 0.3) is 0 Å². The molecule has 1 N–H and O–H groups in total. The molecular formula is C13H20O2. The van der Waals surface area contributed by atoms with Crippen molar-refractivity contribution in [2.24, 2.45) is 5.92 Å². The minimum absolute atomic E-state index is 0.207. The highest BCUT2D eigenvalue weighted by Crippen LogP contribution is 2.20. The fourth-order valence-corrected chi connectivity index (χ4v) is 1.81. The van der Waals surface area contributed by atoms with Crippen LogP contribution in [0.3, 0.4) is 0 Å². The molecule has 2 heteroatoms. The molecular weight excluding hydrogens is 188 g/mol. The molecule has 0 aliphatic heterocycles. The lowest BCUT2D eigenvalue weighted by Crippen LogP contribution is -2.03. The van der Waals surface area contributed by atoms with Crippen LogP contribution in [0.5, 0.6) is 0 Å². The number of hydrogen-bond donors (Lipinski definition) is 1. The lowest BCUT2D eigenvalue weighted by molar-refractivity contribution is -0.117. The summed E-state index contributed by atoms with van der Waals surface area (Å²) >= 11 is 0. The Morgan fingerprint density at radius 2 is 2.33 bits per heavy atom. The van der Waals surface area contributed by atoms with Gasteiger partial charge in [0.05, 0.1) is 0 Å². The number of carbonyl (C=O) groups excluding carboxylic acids is 1. The zero-order valence-corrected chi connectivity index (χ0v) is 9.46. The molecule has 0 radical (unpaired) electrons. The van der Waals surface area contributed by atoms with Gasteiger partial charge >= 0.3 is 0 Å². The van der Waals surface area contributed by atoms with Crippen molar-refractivity contribution in [2.75, 3.05) is 0 Å². The third-order valence-electron chi connectivity index (χ3n) is 2.78. The minimum Gasteiger partial charge on any atom is -0.380 e. The molecule has 0 spiro atoms. The molecule has 0 saturated heterocycles. The van der Waals surface area contributed by atoms with E-state index in [9.17, 15) is 9.90 Å². The van der Waals surface area contributed by atoms with Gasteiger partial charge in [-0.05, 0) is 19.3 Å². The summed E-state index contributed by atoms with van der Waals surface area (Å²) in [7, 11) is 0. The van der Waals surface area contributed by atoms with Crippen molar-refractivity contribution in [1.29, 1.82) is 0 Å². The Labute approximate surface area is 92.1 Å². The van der Waals surface area contributed by atoms with Gasteiger partial charge in [0.25, 0.3) is 0 Å². The summed E-state index contributed by atoms with van der Waals surface area (Å²) in [6.07, 6.45) is 5.77. The van der Waals surface area contributed by atoms with Crippen LogP contribution < -0.4 is 0 Å². The van der Waals surface area contributed by atoms with Crippen LogP contribution in [0, 0.1) is 17.8 Å². The highest BCUT2D eigenvalue weighted by Gasteiger charge is 2.19. The van der Waals surface area contributed by atoms with E-state index in [1.165, 1.54) is 0 Å². The van der Waals surface area contributed by atoms with Crippen molar-refractivity contribution in [1.82, 2.24) is 0 Å². The van der Waals surface area contributed by atoms with E-state index in [-0.39, 0.29) is 5.92 Å². The second-order valence-electron chi connectivity index (χ2n) is 4.28. The van der Waals surface area contributed by atoms with Crippen LogP contribution in [0.4, 0.5) is 0 Å². The van der Waals surface area contributed by atoms with Crippen LogP contribution in [0.1, 0.15) is 51.9 Å². The highest BCUT2D eigenvalue weighted by atomic mass is 16.3. The number of Topliss-reactive ketones (excluding diaryl/α,β-unsaturated/α-hetero) is 1. The second kappa shape index (κ2) is 6.63. The average Bonchev–Trinajstić information content (AvgIpc) is 2.62. The molecule has 84 valence electrons. The zero-order valence-electron chi connectivity index (χ0n) is 9.46. The van der Waals surface area contributed by atoms with E-state index < -0.39 is 6.10 Å². The predicted octanol–water partition coefficient (Wildman–Crippen LogP) is 2.30. The van der Waals surface area contributed by atoms with Crippen molar-refractivity contribution < 1.29 is 9.90 Å². The number of aliphatic hydroxyl groups excluding tert-OH is 1. The third-order valence-corrected chi connectivity index (χ3v) is 2.78. The maximum atomic E-state index is 11.0. The molecule has 0 aromatic heterocycles. The van der Waals surface area contributed by atoms with Crippen molar-refractivity contribution in [3.8, 4) is 11.8 Å². The van der Waals surface area contributed by atoms with Crippen molar-refractivity contribution in [2.45, 2.75) is 58.0 Å². The van der Waals surface area contributed by atoms with Gasteiger partial charge in [-0.15, -0.1) is 0 Å². The van der Waals surface area contributed by atoms with Crippen LogP contribution in [0.2, 0.25) is 0 Å². The largest absolute Gasteiger partial charge is 0.380 e. The lowest BCUT2D eigenvalue weighted by Gasteiger charge is -2.02. The van der Waals surface area contributed by atoms with Crippen molar-refractivity contribution in [3.05, 3.63) is 0 Å². The summed E-state index contributed by atoms with van der Waals surface area (Å²) in [4.78, 5) is 11.0. The molecule has 15 heavy (non-hydrogen) atoms. The normalized spacial score (nSPS) is 22.3. The number of rotatable bonds is 4. The standard InChI is InChI=1S/C13H20O2/c1-2-3-4-5-12(14)8-6-11-7-9-13(15)10-11/h11-12,14H,2-5,7,9-10H2,1H3. The lowest BCUT2D eigenvalue weighted by atomic mass is 10.1. The first-order chi connectivity index (χ1) is 7.22. The van der Waals surface area contributed by atoms with Crippen LogP contribution in [-0.4, -0.2) is 17.0 Å². The number of ketones is 1. The summed E-state index contributed by atoms with van der Waals surface area (Å²) in [5, 5.41) is 9.54. The molecule has 1 fully saturated rings. The smallest absolute Gasteiger partial charge is 0.134 e. The number of aliphatic hydroxyl groups is 1. The fourth-order valence-electron chi connectivity index (χ4n) is 1.81. The van der Waals surface area contributed by atoms with Gasteiger partial charge in [-0.1, -0.05) is 31.6 Å². The van der Waals surface area contributed by atoms with Gasteiger partial charge in [0.15, 0.2) is 0 Å². The molecule has 2 atom stereocenters. The summed E-state index contributed by atoms with van der Waals surface area (Å²) in [5.74, 6) is 6.40. The molecule has 1 saturated carbocycles. The third kappa shape index (κ3) is 4.99. The topological polar surface area (TPSA) is 37.3 Å². The van der Waals surface area contributed by atoms with E-state index in [1.807, 2.05) is 0 Å². The van der Waals surface area contributed by atoms with Crippen LogP contribution >= 0.6 is 0 Å². The molecule has 0 aromatic carbocycles. The molecule has 2 nitrogen and oxygen atoms in total. The van der Waals surface area contributed by atoms with E-state index in [4.69, 9.17) is 0 Å². The summed E-state index contributed by atoms with van der Waals surface area (Å²) in [6, 6.07) is 0. The zero-order chi connectivity index (χ0) is 11.1. The SMILES string of the molecule is CCCCCC(O)C#CC1CCC(=O)C1. The fraction of sp³-hybridized carbons (Fsp3) is 0.769. The molecule has 1 rings (SSSR count). The Balaban J connectivity index is 2.21. The predicted molar refractivity (Wildman–Crippen MR) is 60.3 cm³/mol. The Hall–Kier alpha value is -0.810. The van der Waals surface area contributed by atoms with Gasteiger partial charge in [0, 0.05) is 18.8 Å². The summed E-state index contributed by atoms with van der Waals surface area (Å²) in [5.41, 5.74) is 0. The van der Waals surface area contributed by atoms with E-state index in [0.29, 0.717) is 18.6 Å². The summed E-state index contributed by atoms with van der Waals surface area (Å²) in [6.45, 7) is 2.14. The second-order valence-corrected chi connectivity index (χ2v) is 4.28. The number of unbranched alkanes of at least 4 members (excludes halogenated alkanes) is 2. The Bertz CT molecular complexity index is 259. The van der Waals surface area contributed by atoms with E-state index >= 15 is 0 Å². The van der Waals surface area contributed by atoms with Gasteiger partial charge in [-0.3, -0.25) is 4.79 Å². The van der Waals surface area contributed by atoms with E-state index in [2.05, 4.69) is 18.8 Å². The molecule has 0 heterocycles. The molecule has 0 bridgehead atoms. The first-order valence-electron chi connectivity index (χ1n) is 5.93. The monoisotopic (exact) mass is 208 g/mol. The summed E-state index contributed by atoms with van der Waals surface area (Å²) < 4.78 is 0. The first-order valence-corrected chi connectivity index (χ1v) is 5.93. The molecule has 0 aromatic rings. The number of carbonyl (C=O) groups is 1.